The van der Waals surface area contributed by atoms with E-state index < -0.39 is 0 Å². The predicted molar refractivity (Wildman–Crippen MR) is 116 cm³/mol. The van der Waals surface area contributed by atoms with Crippen LogP contribution in [0.25, 0.3) is 0 Å². The van der Waals surface area contributed by atoms with Crippen molar-refractivity contribution in [1.29, 1.82) is 0 Å². The number of hydrogen-bond acceptors (Lipinski definition) is 2. The number of allylic oxidation sites excluding steroid dienone is 1. The van der Waals surface area contributed by atoms with Gasteiger partial charge in [0.15, 0.2) is 0 Å². The van der Waals surface area contributed by atoms with Crippen molar-refractivity contribution in [3.63, 3.8) is 0 Å². The van der Waals surface area contributed by atoms with E-state index >= 15 is 0 Å². The van der Waals surface area contributed by atoms with Gasteiger partial charge >= 0.3 is 0 Å². The molecule has 4 unspecified atom stereocenters. The van der Waals surface area contributed by atoms with Crippen LogP contribution in [0.15, 0.2) is 42.5 Å². The van der Waals surface area contributed by atoms with Crippen molar-refractivity contribution in [2.75, 3.05) is 13.1 Å². The Morgan fingerprint density at radius 1 is 1.19 bits per heavy atom. The molecule has 0 radical (unpaired) electrons. The topological polar surface area (TPSA) is 29.3 Å². The third kappa shape index (κ3) is 2.37. The largest absolute Gasteiger partial charge is 0.365 e. The van der Waals surface area contributed by atoms with E-state index in [0.717, 1.165) is 19.5 Å². The molecule has 2 nitrogen and oxygen atoms in total. The SMILES string of the molecule is C=C1C2CC3(c4ccccc4)CC1C(C(=S)N1CC[C@H](N)C(C)(C)C1)(C2)C3. The zero-order valence-corrected chi connectivity index (χ0v) is 17.5. The number of benzene rings is 1. The molecule has 144 valence electrons. The van der Waals surface area contributed by atoms with Crippen LogP contribution < -0.4 is 5.73 Å². The molecule has 27 heavy (non-hydrogen) atoms. The van der Waals surface area contributed by atoms with E-state index in [1.165, 1.54) is 41.8 Å². The van der Waals surface area contributed by atoms with Crippen LogP contribution >= 0.6 is 12.2 Å². The van der Waals surface area contributed by atoms with E-state index in [4.69, 9.17) is 18.0 Å². The number of piperidine rings is 1. The Morgan fingerprint density at radius 2 is 1.93 bits per heavy atom. The maximum atomic E-state index is 6.40. The van der Waals surface area contributed by atoms with Crippen molar-refractivity contribution in [3.05, 3.63) is 48.0 Å². The lowest BCUT2D eigenvalue weighted by Crippen LogP contribution is -2.56. The molecule has 4 aliphatic carbocycles. The first-order valence-corrected chi connectivity index (χ1v) is 11.0. The Bertz CT molecular complexity index is 800. The fourth-order valence-corrected chi connectivity index (χ4v) is 7.53. The minimum Gasteiger partial charge on any atom is -0.365 e. The van der Waals surface area contributed by atoms with E-state index in [1.54, 1.807) is 0 Å². The third-order valence-corrected chi connectivity index (χ3v) is 9.21. The normalized spacial score (nSPS) is 42.0. The van der Waals surface area contributed by atoms with Crippen LogP contribution in [0.2, 0.25) is 0 Å². The third-order valence-electron chi connectivity index (χ3n) is 8.55. The molecule has 1 aromatic carbocycles. The number of hydrogen-bond donors (Lipinski definition) is 1. The summed E-state index contributed by atoms with van der Waals surface area (Å²) in [7, 11) is 0. The van der Waals surface area contributed by atoms with E-state index in [1.807, 2.05) is 0 Å². The minimum atomic E-state index is 0.128. The lowest BCUT2D eigenvalue weighted by Gasteiger charge is -2.48. The summed E-state index contributed by atoms with van der Waals surface area (Å²) in [4.78, 5) is 3.75. The standard InChI is InChI=1S/C24H32N2S/c1-16-17-11-23(18-7-5-4-6-8-18)13-19(16)24(12-17,14-23)21(27)26-10-9-20(25)22(2,3)15-26/h4-8,17,19-20H,1,9-15,25H2,2-3H3/t17?,19?,20-,23?,24?/m0/s1. The monoisotopic (exact) mass is 380 g/mol. The van der Waals surface area contributed by atoms with Crippen LogP contribution in [0.1, 0.15) is 51.5 Å². The van der Waals surface area contributed by atoms with Gasteiger partial charge in [0.2, 0.25) is 0 Å². The Labute approximate surface area is 169 Å². The second kappa shape index (κ2) is 5.67. The van der Waals surface area contributed by atoms with Gasteiger partial charge in [-0.05, 0) is 60.3 Å². The smallest absolute Gasteiger partial charge is 0.0848 e. The van der Waals surface area contributed by atoms with Gasteiger partial charge in [0.25, 0.3) is 0 Å². The number of likely N-dealkylation sites (tertiary alicyclic amines) is 1. The molecule has 6 rings (SSSR count). The summed E-state index contributed by atoms with van der Waals surface area (Å²) in [5.74, 6) is 1.22. The fourth-order valence-electron chi connectivity index (χ4n) is 7.08. The maximum absolute atomic E-state index is 6.40. The van der Waals surface area contributed by atoms with E-state index in [2.05, 4.69) is 55.7 Å². The number of rotatable bonds is 2. The van der Waals surface area contributed by atoms with Gasteiger partial charge in [-0.3, -0.25) is 0 Å². The second-order valence-corrected chi connectivity index (χ2v) is 10.9. The average Bonchev–Trinajstić information content (AvgIpc) is 3.02. The molecule has 1 aromatic rings. The predicted octanol–water partition coefficient (Wildman–Crippen LogP) is 4.69. The highest BCUT2D eigenvalue weighted by Gasteiger charge is 2.68. The molecular formula is C24H32N2S. The molecule has 1 heterocycles. The first-order chi connectivity index (χ1) is 12.8. The molecule has 4 saturated carbocycles. The van der Waals surface area contributed by atoms with Crippen LogP contribution in [-0.4, -0.2) is 29.0 Å². The van der Waals surface area contributed by atoms with Gasteiger partial charge in [-0.2, -0.15) is 0 Å². The highest BCUT2D eigenvalue weighted by Crippen LogP contribution is 2.73. The zero-order valence-electron chi connectivity index (χ0n) is 16.7. The van der Waals surface area contributed by atoms with Crippen molar-refractivity contribution in [3.8, 4) is 0 Å². The van der Waals surface area contributed by atoms with E-state index in [9.17, 15) is 0 Å². The Morgan fingerprint density at radius 3 is 2.63 bits per heavy atom. The average molecular weight is 381 g/mol. The molecule has 5 aliphatic rings. The van der Waals surface area contributed by atoms with E-state index in [-0.39, 0.29) is 16.9 Å². The molecule has 3 heteroatoms. The molecule has 0 spiro atoms. The zero-order chi connectivity index (χ0) is 19.0. The van der Waals surface area contributed by atoms with E-state index in [0.29, 0.717) is 17.3 Å². The lowest BCUT2D eigenvalue weighted by molar-refractivity contribution is 0.133. The Kier molecular flexibility index (Phi) is 3.75. The van der Waals surface area contributed by atoms with Crippen LogP contribution in [0, 0.1) is 22.7 Å². The van der Waals surface area contributed by atoms with Crippen molar-refractivity contribution in [2.24, 2.45) is 28.4 Å². The highest BCUT2D eigenvalue weighted by molar-refractivity contribution is 7.80. The quantitative estimate of drug-likeness (QED) is 0.596. The molecule has 0 aromatic heterocycles. The van der Waals surface area contributed by atoms with Crippen LogP contribution in [0.5, 0.6) is 0 Å². The van der Waals surface area contributed by atoms with Gasteiger partial charge in [0.05, 0.1) is 4.99 Å². The maximum Gasteiger partial charge on any atom is 0.0848 e. The summed E-state index contributed by atoms with van der Waals surface area (Å²) in [5, 5.41) is 0. The molecule has 5 fully saturated rings. The number of thiocarbonyl (C=S) groups is 1. The molecule has 1 aliphatic heterocycles. The second-order valence-electron chi connectivity index (χ2n) is 10.5. The van der Waals surface area contributed by atoms with Gasteiger partial charge < -0.3 is 10.6 Å². The van der Waals surface area contributed by atoms with Crippen molar-refractivity contribution in [2.45, 2.75) is 57.4 Å². The van der Waals surface area contributed by atoms with Gasteiger partial charge in [-0.15, -0.1) is 0 Å². The van der Waals surface area contributed by atoms with Gasteiger partial charge in [0, 0.05) is 24.5 Å². The first kappa shape index (κ1) is 17.9. The highest BCUT2D eigenvalue weighted by atomic mass is 32.1. The molecule has 1 saturated heterocycles. The summed E-state index contributed by atoms with van der Waals surface area (Å²) >= 11 is 6.27. The number of nitrogens with two attached hydrogens (primary N) is 1. The molecule has 2 N–H and O–H groups in total. The molecule has 5 atom stereocenters. The molecule has 4 bridgehead atoms. The van der Waals surface area contributed by atoms with Crippen LogP contribution in [0.3, 0.4) is 0 Å². The first-order valence-electron chi connectivity index (χ1n) is 10.6. The van der Waals surface area contributed by atoms with Crippen LogP contribution in [-0.2, 0) is 5.41 Å². The summed E-state index contributed by atoms with van der Waals surface area (Å²) in [6.45, 7) is 11.2. The molecule has 0 amide bonds. The lowest BCUT2D eigenvalue weighted by atomic mass is 9.63. The van der Waals surface area contributed by atoms with Gasteiger partial charge in [-0.1, -0.05) is 68.5 Å². The molecular weight excluding hydrogens is 348 g/mol. The number of nitrogens with zero attached hydrogens (tertiary/aromatic N) is 1. The van der Waals surface area contributed by atoms with Gasteiger partial charge in [0.1, 0.15) is 0 Å². The summed E-state index contributed by atoms with van der Waals surface area (Å²) in [6, 6.07) is 11.5. The Hall–Kier alpha value is -1.19. The van der Waals surface area contributed by atoms with Crippen LogP contribution in [0.4, 0.5) is 0 Å². The van der Waals surface area contributed by atoms with Crippen molar-refractivity contribution < 1.29 is 0 Å². The summed E-state index contributed by atoms with van der Waals surface area (Å²) < 4.78 is 0. The Balaban J connectivity index is 1.50. The summed E-state index contributed by atoms with van der Waals surface area (Å²) in [5.41, 5.74) is 10.0. The van der Waals surface area contributed by atoms with Crippen molar-refractivity contribution >= 4 is 17.2 Å². The summed E-state index contributed by atoms with van der Waals surface area (Å²) in [6.07, 6.45) is 6.00. The van der Waals surface area contributed by atoms with Gasteiger partial charge in [-0.25, -0.2) is 0 Å². The van der Waals surface area contributed by atoms with Crippen molar-refractivity contribution in [1.82, 2.24) is 4.90 Å². The fraction of sp³-hybridized carbons (Fsp3) is 0.625. The minimum absolute atomic E-state index is 0.128.